The molecule has 0 aliphatic heterocycles. The summed E-state index contributed by atoms with van der Waals surface area (Å²) in [6, 6.07) is 7.08. The first-order chi connectivity index (χ1) is 9.35. The van der Waals surface area contributed by atoms with Crippen LogP contribution in [0, 0.1) is 0 Å². The van der Waals surface area contributed by atoms with E-state index in [0.29, 0.717) is 12.1 Å². The molecule has 0 bridgehead atoms. The monoisotopic (exact) mass is 296 g/mol. The van der Waals surface area contributed by atoms with Crippen LogP contribution in [0.3, 0.4) is 0 Å². The van der Waals surface area contributed by atoms with Crippen molar-refractivity contribution >= 4 is 23.8 Å². The van der Waals surface area contributed by atoms with E-state index in [9.17, 15) is 14.7 Å². The van der Waals surface area contributed by atoms with Crippen LogP contribution in [0.5, 0.6) is 0 Å². The van der Waals surface area contributed by atoms with Gasteiger partial charge in [-0.05, 0) is 25.7 Å². The Balaban J connectivity index is 2.64. The van der Waals surface area contributed by atoms with Gasteiger partial charge in [-0.2, -0.15) is 11.8 Å². The van der Waals surface area contributed by atoms with Crippen LogP contribution in [-0.4, -0.2) is 34.7 Å². The van der Waals surface area contributed by atoms with Crippen LogP contribution >= 0.6 is 11.8 Å². The van der Waals surface area contributed by atoms with Crippen molar-refractivity contribution in [1.82, 2.24) is 10.6 Å². The summed E-state index contributed by atoms with van der Waals surface area (Å²) in [5.41, 5.74) is 0.541. The summed E-state index contributed by atoms with van der Waals surface area (Å²) in [5.74, 6) is -1.09. The largest absolute Gasteiger partial charge is 0.479 e. The molecule has 0 heterocycles. The summed E-state index contributed by atoms with van der Waals surface area (Å²) in [5, 5.41) is 14.4. The lowest BCUT2D eigenvalue weighted by Gasteiger charge is -2.23. The SMILES string of the molecule is CSC(C)(C)CNC(=O)N[C@H](C(=O)O)c1ccccc1. The minimum Gasteiger partial charge on any atom is -0.479 e. The van der Waals surface area contributed by atoms with E-state index in [0.717, 1.165) is 0 Å². The van der Waals surface area contributed by atoms with Gasteiger partial charge in [0.15, 0.2) is 6.04 Å². The summed E-state index contributed by atoms with van der Waals surface area (Å²) < 4.78 is -0.0944. The zero-order valence-corrected chi connectivity index (χ0v) is 12.7. The van der Waals surface area contributed by atoms with E-state index in [4.69, 9.17) is 0 Å². The van der Waals surface area contributed by atoms with Crippen molar-refractivity contribution in [2.24, 2.45) is 0 Å². The fourth-order valence-electron chi connectivity index (χ4n) is 1.48. The fraction of sp³-hybridized carbons (Fsp3) is 0.429. The number of aliphatic carboxylic acids is 1. The number of carboxylic acid groups (broad SMARTS) is 1. The van der Waals surface area contributed by atoms with Gasteiger partial charge in [-0.3, -0.25) is 0 Å². The van der Waals surface area contributed by atoms with E-state index in [-0.39, 0.29) is 4.75 Å². The Morgan fingerprint density at radius 3 is 2.40 bits per heavy atom. The van der Waals surface area contributed by atoms with Crippen LogP contribution in [0.2, 0.25) is 0 Å². The Morgan fingerprint density at radius 2 is 1.90 bits per heavy atom. The lowest BCUT2D eigenvalue weighted by molar-refractivity contribution is -0.139. The molecular weight excluding hydrogens is 276 g/mol. The number of benzene rings is 1. The minimum atomic E-state index is -1.09. The maximum Gasteiger partial charge on any atom is 0.330 e. The average Bonchev–Trinajstić information content (AvgIpc) is 2.43. The quantitative estimate of drug-likeness (QED) is 0.752. The first-order valence-corrected chi connectivity index (χ1v) is 7.45. The Hall–Kier alpha value is -1.69. The smallest absolute Gasteiger partial charge is 0.330 e. The van der Waals surface area contributed by atoms with Gasteiger partial charge in [-0.15, -0.1) is 0 Å². The third-order valence-electron chi connectivity index (χ3n) is 2.88. The number of thioether (sulfide) groups is 1. The first kappa shape index (κ1) is 16.4. The molecule has 2 amide bonds. The highest BCUT2D eigenvalue weighted by Crippen LogP contribution is 2.19. The van der Waals surface area contributed by atoms with Gasteiger partial charge >= 0.3 is 12.0 Å². The third kappa shape index (κ3) is 5.13. The molecule has 5 nitrogen and oxygen atoms in total. The van der Waals surface area contributed by atoms with Crippen LogP contribution in [0.25, 0.3) is 0 Å². The number of carbonyl (C=O) groups excluding carboxylic acids is 1. The second-order valence-corrected chi connectivity index (χ2v) is 6.49. The summed E-state index contributed by atoms with van der Waals surface area (Å²) in [6.07, 6.45) is 1.96. The third-order valence-corrected chi connectivity index (χ3v) is 4.13. The number of amides is 2. The molecule has 1 atom stereocenters. The Bertz CT molecular complexity index is 463. The van der Waals surface area contributed by atoms with Crippen LogP contribution in [0.4, 0.5) is 4.79 Å². The summed E-state index contributed by atoms with van der Waals surface area (Å²) in [4.78, 5) is 23.0. The summed E-state index contributed by atoms with van der Waals surface area (Å²) in [6.45, 7) is 4.47. The Morgan fingerprint density at radius 1 is 1.30 bits per heavy atom. The molecular formula is C14H20N2O3S. The van der Waals surface area contributed by atoms with E-state index < -0.39 is 18.0 Å². The van der Waals surface area contributed by atoms with Crippen molar-refractivity contribution in [3.63, 3.8) is 0 Å². The van der Waals surface area contributed by atoms with Gasteiger partial charge in [0, 0.05) is 11.3 Å². The lowest BCUT2D eigenvalue weighted by Crippen LogP contribution is -2.45. The Kier molecular flexibility index (Phi) is 5.88. The first-order valence-electron chi connectivity index (χ1n) is 6.23. The van der Waals surface area contributed by atoms with Crippen molar-refractivity contribution in [2.45, 2.75) is 24.6 Å². The van der Waals surface area contributed by atoms with E-state index in [1.165, 1.54) is 0 Å². The number of nitrogens with one attached hydrogen (secondary N) is 2. The standard InChI is InChI=1S/C14H20N2O3S/c1-14(2,20-3)9-15-13(19)16-11(12(17)18)10-7-5-4-6-8-10/h4-8,11H,9H2,1-3H3,(H,17,18)(H2,15,16,19)/t11-/m0/s1. The fourth-order valence-corrected chi connectivity index (χ4v) is 1.70. The molecule has 6 heteroatoms. The van der Waals surface area contributed by atoms with Crippen LogP contribution in [-0.2, 0) is 4.79 Å². The van der Waals surface area contributed by atoms with E-state index >= 15 is 0 Å². The second-order valence-electron chi connectivity index (χ2n) is 4.97. The van der Waals surface area contributed by atoms with Gasteiger partial charge in [0.25, 0.3) is 0 Å². The molecule has 0 aliphatic carbocycles. The molecule has 1 aromatic carbocycles. The molecule has 20 heavy (non-hydrogen) atoms. The number of carbonyl (C=O) groups is 2. The van der Waals surface area contributed by atoms with Crippen LogP contribution in [0.1, 0.15) is 25.5 Å². The molecule has 1 aromatic rings. The normalized spacial score (nSPS) is 12.6. The van der Waals surface area contributed by atoms with Gasteiger partial charge < -0.3 is 15.7 Å². The molecule has 0 unspecified atom stereocenters. The maximum atomic E-state index is 11.8. The number of hydrogen-bond acceptors (Lipinski definition) is 3. The molecule has 3 N–H and O–H groups in total. The number of hydrogen-bond donors (Lipinski definition) is 3. The lowest BCUT2D eigenvalue weighted by atomic mass is 10.1. The van der Waals surface area contributed by atoms with Gasteiger partial charge in [-0.25, -0.2) is 9.59 Å². The molecule has 0 saturated heterocycles. The highest BCUT2D eigenvalue weighted by Gasteiger charge is 2.23. The van der Waals surface area contributed by atoms with E-state index in [1.54, 1.807) is 42.1 Å². The van der Waals surface area contributed by atoms with Gasteiger partial charge in [0.2, 0.25) is 0 Å². The molecule has 0 radical (unpaired) electrons. The van der Waals surface area contributed by atoms with Crippen molar-refractivity contribution in [2.75, 3.05) is 12.8 Å². The van der Waals surface area contributed by atoms with Gasteiger partial charge in [0.1, 0.15) is 0 Å². The molecule has 110 valence electrons. The van der Waals surface area contributed by atoms with Crippen LogP contribution in [0.15, 0.2) is 30.3 Å². The van der Waals surface area contributed by atoms with Crippen molar-refractivity contribution in [3.05, 3.63) is 35.9 Å². The predicted molar refractivity (Wildman–Crippen MR) is 80.9 cm³/mol. The van der Waals surface area contributed by atoms with Crippen molar-refractivity contribution in [1.29, 1.82) is 0 Å². The van der Waals surface area contributed by atoms with Crippen molar-refractivity contribution in [3.8, 4) is 0 Å². The molecule has 0 aromatic heterocycles. The molecule has 0 spiro atoms. The minimum absolute atomic E-state index is 0.0944. The van der Waals surface area contributed by atoms with Crippen LogP contribution < -0.4 is 10.6 Å². The highest BCUT2D eigenvalue weighted by atomic mass is 32.2. The second kappa shape index (κ2) is 7.19. The zero-order valence-electron chi connectivity index (χ0n) is 11.8. The molecule has 0 aliphatic rings. The summed E-state index contributed by atoms with van der Waals surface area (Å²) in [7, 11) is 0. The zero-order chi connectivity index (χ0) is 15.2. The molecule has 0 saturated carbocycles. The van der Waals surface area contributed by atoms with Gasteiger partial charge in [0.05, 0.1) is 0 Å². The number of carboxylic acids is 1. The number of urea groups is 1. The average molecular weight is 296 g/mol. The number of rotatable bonds is 6. The predicted octanol–water partition coefficient (Wildman–Crippen LogP) is 2.25. The van der Waals surface area contributed by atoms with E-state index in [1.807, 2.05) is 20.1 Å². The Labute approximate surface area is 123 Å². The van der Waals surface area contributed by atoms with E-state index in [2.05, 4.69) is 10.6 Å². The molecule has 1 rings (SSSR count). The maximum absolute atomic E-state index is 11.8. The van der Waals surface area contributed by atoms with Gasteiger partial charge in [-0.1, -0.05) is 30.3 Å². The summed E-state index contributed by atoms with van der Waals surface area (Å²) >= 11 is 1.63. The molecule has 0 fully saturated rings. The topological polar surface area (TPSA) is 78.4 Å². The van der Waals surface area contributed by atoms with Crippen molar-refractivity contribution < 1.29 is 14.7 Å². The highest BCUT2D eigenvalue weighted by molar-refractivity contribution is 7.99.